The number of aromatic nitrogens is 2. The summed E-state index contributed by atoms with van der Waals surface area (Å²) in [5.74, 6) is -0.948. The summed E-state index contributed by atoms with van der Waals surface area (Å²) in [6, 6.07) is 4.83. The monoisotopic (exact) mass is 570 g/mol. The van der Waals surface area contributed by atoms with Gasteiger partial charge in [0.25, 0.3) is 0 Å². The summed E-state index contributed by atoms with van der Waals surface area (Å²) in [6.45, 7) is 6.46. The SMILES string of the molecule is CC(C)(CCON=C1CCN(c2ncc(-c3cccc(COC(=O)CC(=N)N)c3F)cn2)CC1)OC1CCCCO1. The van der Waals surface area contributed by atoms with Gasteiger partial charge in [-0.2, -0.15) is 0 Å². The molecule has 2 saturated heterocycles. The summed E-state index contributed by atoms with van der Waals surface area (Å²) in [6.07, 6.45) is 8.04. The smallest absolute Gasteiger partial charge is 0.313 e. The van der Waals surface area contributed by atoms with E-state index in [0.717, 1.165) is 44.4 Å². The van der Waals surface area contributed by atoms with Crippen LogP contribution in [0.2, 0.25) is 0 Å². The van der Waals surface area contributed by atoms with E-state index in [0.29, 0.717) is 43.2 Å². The lowest BCUT2D eigenvalue weighted by atomic mass is 10.0. The zero-order valence-corrected chi connectivity index (χ0v) is 23.7. The molecule has 0 spiro atoms. The maximum Gasteiger partial charge on any atom is 0.313 e. The third kappa shape index (κ3) is 9.19. The quantitative estimate of drug-likeness (QED) is 0.125. The highest BCUT2D eigenvalue weighted by molar-refractivity contribution is 5.94. The molecule has 2 aliphatic heterocycles. The number of esters is 1. The van der Waals surface area contributed by atoms with Crippen LogP contribution in [0.3, 0.4) is 0 Å². The predicted octanol–water partition coefficient (Wildman–Crippen LogP) is 4.34. The van der Waals surface area contributed by atoms with Gasteiger partial charge in [0.05, 0.1) is 11.3 Å². The Kier molecular flexibility index (Phi) is 10.6. The van der Waals surface area contributed by atoms with Crippen LogP contribution < -0.4 is 10.6 Å². The van der Waals surface area contributed by atoms with Crippen molar-refractivity contribution in [3.05, 3.63) is 42.0 Å². The van der Waals surface area contributed by atoms with E-state index in [2.05, 4.69) is 20.0 Å². The molecular formula is C29H39FN6O5. The van der Waals surface area contributed by atoms with Crippen LogP contribution in [0.4, 0.5) is 10.3 Å². The van der Waals surface area contributed by atoms with E-state index in [9.17, 15) is 4.79 Å². The van der Waals surface area contributed by atoms with Crippen molar-refractivity contribution < 1.29 is 28.2 Å². The minimum atomic E-state index is -0.685. The largest absolute Gasteiger partial charge is 0.460 e. The van der Waals surface area contributed by atoms with Gasteiger partial charge in [-0.25, -0.2) is 14.4 Å². The molecule has 2 fully saturated rings. The lowest BCUT2D eigenvalue weighted by molar-refractivity contribution is -0.219. The average Bonchev–Trinajstić information content (AvgIpc) is 2.95. The number of rotatable bonds is 12. The number of hydrogen-bond acceptors (Lipinski definition) is 10. The predicted molar refractivity (Wildman–Crippen MR) is 152 cm³/mol. The van der Waals surface area contributed by atoms with Gasteiger partial charge in [0.2, 0.25) is 5.95 Å². The number of nitrogens with zero attached hydrogens (tertiary/aromatic N) is 4. The number of carbonyl (C=O) groups excluding carboxylic acids is 1. The van der Waals surface area contributed by atoms with Crippen LogP contribution in [0, 0.1) is 11.2 Å². The molecule has 0 aliphatic carbocycles. The van der Waals surface area contributed by atoms with Crippen molar-refractivity contribution in [2.75, 3.05) is 31.2 Å². The number of ether oxygens (including phenoxy) is 3. The fourth-order valence-corrected chi connectivity index (χ4v) is 4.61. The first-order valence-electron chi connectivity index (χ1n) is 14.0. The minimum absolute atomic E-state index is 0.134. The Hall–Kier alpha value is -3.64. The second kappa shape index (κ2) is 14.3. The van der Waals surface area contributed by atoms with Gasteiger partial charge in [-0.1, -0.05) is 23.4 Å². The number of amidine groups is 1. The van der Waals surface area contributed by atoms with E-state index in [1.165, 1.54) is 6.07 Å². The molecule has 1 aromatic carbocycles. The summed E-state index contributed by atoms with van der Waals surface area (Å²) >= 11 is 0. The van der Waals surface area contributed by atoms with Crippen molar-refractivity contribution in [3.63, 3.8) is 0 Å². The number of nitrogens with two attached hydrogens (primary N) is 1. The van der Waals surface area contributed by atoms with Gasteiger partial charge in [-0.15, -0.1) is 0 Å². The molecule has 3 N–H and O–H groups in total. The Morgan fingerprint density at radius 2 is 2.00 bits per heavy atom. The normalized spacial score (nSPS) is 17.7. The Balaban J connectivity index is 1.24. The first-order valence-corrected chi connectivity index (χ1v) is 14.0. The number of piperidine rings is 1. The Bertz CT molecular complexity index is 1210. The Labute approximate surface area is 239 Å². The Morgan fingerprint density at radius 3 is 2.68 bits per heavy atom. The Morgan fingerprint density at radius 1 is 1.24 bits per heavy atom. The van der Waals surface area contributed by atoms with E-state index in [-0.39, 0.29) is 36.3 Å². The molecule has 222 valence electrons. The minimum Gasteiger partial charge on any atom is -0.460 e. The first-order chi connectivity index (χ1) is 19.7. The topological polar surface area (TPSA) is 145 Å². The number of nitrogens with one attached hydrogen (secondary N) is 1. The molecule has 1 unspecified atom stereocenters. The lowest BCUT2D eigenvalue weighted by Crippen LogP contribution is -2.35. The van der Waals surface area contributed by atoms with E-state index in [1.807, 2.05) is 13.8 Å². The summed E-state index contributed by atoms with van der Waals surface area (Å²) in [5.41, 5.74) is 6.88. The van der Waals surface area contributed by atoms with Gasteiger partial charge in [-0.05, 0) is 33.1 Å². The summed E-state index contributed by atoms with van der Waals surface area (Å²) in [4.78, 5) is 28.2. The molecule has 0 amide bonds. The molecular weight excluding hydrogens is 531 g/mol. The zero-order chi connectivity index (χ0) is 29.2. The van der Waals surface area contributed by atoms with Crippen LogP contribution in [0.5, 0.6) is 0 Å². The second-order valence-electron chi connectivity index (χ2n) is 10.8. The van der Waals surface area contributed by atoms with Gasteiger partial charge in [0.15, 0.2) is 6.29 Å². The third-order valence-electron chi connectivity index (χ3n) is 6.95. The maximum absolute atomic E-state index is 15.1. The van der Waals surface area contributed by atoms with Crippen molar-refractivity contribution in [3.8, 4) is 11.1 Å². The van der Waals surface area contributed by atoms with Crippen molar-refractivity contribution in [1.82, 2.24) is 9.97 Å². The van der Waals surface area contributed by atoms with Crippen LogP contribution in [-0.4, -0.2) is 65.7 Å². The van der Waals surface area contributed by atoms with Gasteiger partial charge in [0.1, 0.15) is 31.3 Å². The number of carbonyl (C=O) groups is 1. The van der Waals surface area contributed by atoms with Crippen LogP contribution >= 0.6 is 0 Å². The standard InChI is InChI=1S/C29H39FN6O5/c1-29(2,41-26-8-3-4-14-38-26)11-15-40-35-22-9-12-36(13-10-22)28-33-17-21(18-34-28)23-7-5-6-20(27(23)30)19-39-25(37)16-24(31)32/h5-7,17-18,26H,3-4,8-16,19H2,1-2H3,(H3,31,32). The summed E-state index contributed by atoms with van der Waals surface area (Å²) in [7, 11) is 0. The third-order valence-corrected chi connectivity index (χ3v) is 6.95. The molecule has 1 aromatic heterocycles. The van der Waals surface area contributed by atoms with E-state index in [1.54, 1.807) is 24.5 Å². The molecule has 0 saturated carbocycles. The highest BCUT2D eigenvalue weighted by Gasteiger charge is 2.26. The van der Waals surface area contributed by atoms with Crippen molar-refractivity contribution in [2.45, 2.75) is 77.3 Å². The van der Waals surface area contributed by atoms with Gasteiger partial charge >= 0.3 is 5.97 Å². The van der Waals surface area contributed by atoms with Crippen molar-refractivity contribution in [1.29, 1.82) is 5.41 Å². The van der Waals surface area contributed by atoms with Gasteiger partial charge in [0, 0.05) is 68.0 Å². The van der Waals surface area contributed by atoms with Gasteiger partial charge in [-0.3, -0.25) is 10.2 Å². The van der Waals surface area contributed by atoms with Gasteiger partial charge < -0.3 is 29.7 Å². The molecule has 0 radical (unpaired) electrons. The fourth-order valence-electron chi connectivity index (χ4n) is 4.61. The molecule has 2 aliphatic rings. The molecule has 12 heteroatoms. The van der Waals surface area contributed by atoms with Crippen molar-refractivity contribution in [2.24, 2.45) is 10.9 Å². The molecule has 11 nitrogen and oxygen atoms in total. The molecule has 0 bridgehead atoms. The van der Waals surface area contributed by atoms with Crippen molar-refractivity contribution >= 4 is 23.5 Å². The van der Waals surface area contributed by atoms with E-state index in [4.69, 9.17) is 30.2 Å². The van der Waals surface area contributed by atoms with Crippen LogP contribution in [0.25, 0.3) is 11.1 Å². The maximum atomic E-state index is 15.1. The lowest BCUT2D eigenvalue weighted by Gasteiger charge is -2.32. The zero-order valence-electron chi connectivity index (χ0n) is 23.7. The summed E-state index contributed by atoms with van der Waals surface area (Å²) < 4.78 is 31.9. The molecule has 2 aromatic rings. The number of halogens is 1. The van der Waals surface area contributed by atoms with Crippen LogP contribution in [0.15, 0.2) is 35.7 Å². The van der Waals surface area contributed by atoms with E-state index >= 15 is 4.39 Å². The first kappa shape index (κ1) is 30.3. The number of oxime groups is 1. The number of hydrogen-bond donors (Lipinski definition) is 2. The number of benzene rings is 1. The highest BCUT2D eigenvalue weighted by atomic mass is 19.1. The average molecular weight is 571 g/mol. The summed E-state index contributed by atoms with van der Waals surface area (Å²) in [5, 5.41) is 11.5. The van der Waals surface area contributed by atoms with Crippen LogP contribution in [-0.2, 0) is 30.4 Å². The molecule has 1 atom stereocenters. The fraction of sp³-hybridized carbons (Fsp3) is 0.552. The molecule has 41 heavy (non-hydrogen) atoms. The van der Waals surface area contributed by atoms with E-state index < -0.39 is 11.8 Å². The number of anilines is 1. The molecule has 4 rings (SSSR count). The highest BCUT2D eigenvalue weighted by Crippen LogP contribution is 2.26. The molecule has 3 heterocycles. The second-order valence-corrected chi connectivity index (χ2v) is 10.8. The van der Waals surface area contributed by atoms with Crippen LogP contribution in [0.1, 0.15) is 64.4 Å².